The molecule has 0 saturated carbocycles. The molecule has 2 aromatic rings. The van der Waals surface area contributed by atoms with Crippen LogP contribution in [0.1, 0.15) is 148 Å². The van der Waals surface area contributed by atoms with Gasteiger partial charge >= 0.3 is 0 Å². The second-order valence-electron chi connectivity index (χ2n) is 18.2. The number of unbranched alkanes of at least 4 members (excludes halogenated alkanes) is 4. The number of nitrogens with one attached hydrogen (secondary N) is 5. The monoisotopic (exact) mass is 944 g/mol. The smallest absolute Gasteiger partial charge is 0.149 e. The highest BCUT2D eigenvalue weighted by Crippen LogP contribution is 2.23. The molecule has 0 aliphatic carbocycles. The van der Waals surface area contributed by atoms with Crippen LogP contribution in [0.4, 0.5) is 0 Å². The number of benzene rings is 2. The Bertz CT molecular complexity index is 1720. The van der Waals surface area contributed by atoms with Crippen LogP contribution in [0.15, 0.2) is 99.2 Å². The number of likely N-dealkylation sites (N-methyl/N-ethyl adjacent to an activating group) is 5. The molecule has 68 heavy (non-hydrogen) atoms. The van der Waals surface area contributed by atoms with Crippen molar-refractivity contribution in [2.75, 3.05) is 35.2 Å². The maximum atomic E-state index is 11.8. The number of hydrogen-bond donors (Lipinski definition) is 5. The number of hydrogen-bond acceptors (Lipinski definition) is 10. The number of aryl methyl sites for hydroxylation is 2. The molecule has 0 spiro atoms. The van der Waals surface area contributed by atoms with Crippen molar-refractivity contribution in [2.24, 2.45) is 0 Å². The predicted octanol–water partition coefficient (Wildman–Crippen LogP) is 10.5. The average molecular weight is 944 g/mol. The topological polar surface area (TPSA) is 146 Å². The van der Waals surface area contributed by atoms with E-state index < -0.39 is 0 Å². The van der Waals surface area contributed by atoms with E-state index in [1.54, 1.807) is 34.6 Å². The standard InChI is InChI=1S/C14H25NO.2C12H17NO.2C10H19NO/c1-5-7-9-11-14(15-4,13(3)16)12-10-8-6-2;1-9-4-6-11(7-5-9)8-12(13-3)10(2)14;1-9-5-4-6-11(7-9)8-12(13-3)10(2)14;2*1-5-6-7-8-10(3,11-4)9(2)12/h5-6,15H,1-2,7-12H2,3-4H3;2*4-7,12-13H,8H2,1-3H3;2*5,11H,1,6-8H2,2-4H3/t;2*12-;2*10-/m.0010/s1. The molecule has 0 heterocycles. The Morgan fingerprint density at radius 1 is 0.500 bits per heavy atom. The van der Waals surface area contributed by atoms with E-state index in [0.717, 1.165) is 89.9 Å². The van der Waals surface area contributed by atoms with Crippen molar-refractivity contribution >= 4 is 28.9 Å². The minimum Gasteiger partial charge on any atom is -0.310 e. The van der Waals surface area contributed by atoms with Crippen molar-refractivity contribution in [1.82, 2.24) is 26.6 Å². The second kappa shape index (κ2) is 39.4. The van der Waals surface area contributed by atoms with Gasteiger partial charge in [0.2, 0.25) is 0 Å². The molecule has 5 N–H and O–H groups in total. The summed E-state index contributed by atoms with van der Waals surface area (Å²) in [7, 11) is 9.18. The van der Waals surface area contributed by atoms with Gasteiger partial charge in [-0.05, 0) is 199 Å². The number of carbonyl (C=O) groups excluding carboxylic acids is 5. The van der Waals surface area contributed by atoms with E-state index in [2.05, 4.69) is 109 Å². The highest BCUT2D eigenvalue weighted by atomic mass is 16.1. The summed E-state index contributed by atoms with van der Waals surface area (Å²) in [5, 5.41) is 15.4. The molecule has 0 unspecified atom stereocenters. The van der Waals surface area contributed by atoms with Crippen LogP contribution in [0.2, 0.25) is 0 Å². The number of allylic oxidation sites excluding steroid dienone is 4. The lowest BCUT2D eigenvalue weighted by Gasteiger charge is -2.31. The summed E-state index contributed by atoms with van der Waals surface area (Å²) in [4.78, 5) is 56.6. The van der Waals surface area contributed by atoms with Crippen LogP contribution in [0.5, 0.6) is 0 Å². The van der Waals surface area contributed by atoms with Crippen molar-refractivity contribution in [2.45, 2.75) is 181 Å². The summed E-state index contributed by atoms with van der Waals surface area (Å²) in [5.41, 5.74) is 3.86. The van der Waals surface area contributed by atoms with Crippen molar-refractivity contribution < 1.29 is 24.0 Å². The molecule has 0 aliphatic rings. The molecule has 0 radical (unpaired) electrons. The molecule has 0 fully saturated rings. The Kier molecular flexibility index (Phi) is 39.3. The summed E-state index contributed by atoms with van der Waals surface area (Å²) in [6, 6.07) is 16.4. The van der Waals surface area contributed by atoms with E-state index in [1.807, 2.05) is 79.5 Å². The molecule has 0 aromatic heterocycles. The summed E-state index contributed by atoms with van der Waals surface area (Å²) < 4.78 is 0. The Balaban J connectivity index is -0.000000780. The maximum absolute atomic E-state index is 11.8. The van der Waals surface area contributed by atoms with Crippen molar-refractivity contribution in [3.05, 3.63) is 121 Å². The third-order valence-corrected chi connectivity index (χ3v) is 12.8. The van der Waals surface area contributed by atoms with Gasteiger partial charge in [-0.15, -0.1) is 26.3 Å². The van der Waals surface area contributed by atoms with Crippen LogP contribution in [-0.4, -0.2) is 92.9 Å². The van der Waals surface area contributed by atoms with Crippen molar-refractivity contribution in [3.8, 4) is 0 Å². The number of carbonyl (C=O) groups is 5. The van der Waals surface area contributed by atoms with E-state index in [4.69, 9.17) is 0 Å². The molecule has 0 bridgehead atoms. The fourth-order valence-corrected chi connectivity index (χ4v) is 7.09. The zero-order valence-electron chi connectivity index (χ0n) is 45.4. The van der Waals surface area contributed by atoms with Gasteiger partial charge in [-0.25, -0.2) is 0 Å². The molecule has 10 nitrogen and oxygen atoms in total. The maximum Gasteiger partial charge on any atom is 0.149 e. The normalized spacial score (nSPS) is 13.1. The molecule has 10 heteroatoms. The number of Topliss-reactive ketones (excluding diaryl/α,β-unsaturated/α-hetero) is 5. The van der Waals surface area contributed by atoms with E-state index in [0.29, 0.717) is 0 Å². The van der Waals surface area contributed by atoms with Gasteiger partial charge in [-0.1, -0.05) is 84.0 Å². The molecule has 4 atom stereocenters. The first kappa shape index (κ1) is 67.8. The van der Waals surface area contributed by atoms with Crippen molar-refractivity contribution in [1.29, 1.82) is 0 Å². The van der Waals surface area contributed by atoms with Gasteiger partial charge in [0.05, 0.1) is 28.7 Å². The van der Waals surface area contributed by atoms with E-state index in [1.165, 1.54) is 22.3 Å². The van der Waals surface area contributed by atoms with Crippen LogP contribution < -0.4 is 26.6 Å². The Morgan fingerprint density at radius 3 is 1.15 bits per heavy atom. The van der Waals surface area contributed by atoms with Gasteiger partial charge in [-0.3, -0.25) is 24.0 Å². The van der Waals surface area contributed by atoms with Crippen LogP contribution in [0, 0.1) is 13.8 Å². The molecule has 0 amide bonds. The molecular weight excluding hydrogens is 847 g/mol. The largest absolute Gasteiger partial charge is 0.310 e. The van der Waals surface area contributed by atoms with Gasteiger partial charge in [0, 0.05) is 0 Å². The van der Waals surface area contributed by atoms with Crippen LogP contribution in [0.25, 0.3) is 0 Å². The highest BCUT2D eigenvalue weighted by Gasteiger charge is 2.32. The van der Waals surface area contributed by atoms with Crippen LogP contribution in [-0.2, 0) is 36.8 Å². The first-order valence-electron chi connectivity index (χ1n) is 24.5. The summed E-state index contributed by atoms with van der Waals surface area (Å²) >= 11 is 0. The minimum atomic E-state index is -0.344. The lowest BCUT2D eigenvalue weighted by atomic mass is 9.84. The van der Waals surface area contributed by atoms with Gasteiger partial charge in [0.15, 0.2) is 0 Å². The van der Waals surface area contributed by atoms with E-state index in [-0.39, 0.29) is 57.6 Å². The average Bonchev–Trinajstić information content (AvgIpc) is 3.30. The van der Waals surface area contributed by atoms with Crippen LogP contribution in [0.3, 0.4) is 0 Å². The van der Waals surface area contributed by atoms with E-state index in [9.17, 15) is 24.0 Å². The Morgan fingerprint density at radius 2 is 0.868 bits per heavy atom. The first-order valence-corrected chi connectivity index (χ1v) is 24.5. The fraction of sp³-hybridized carbons (Fsp3) is 0.569. The summed E-state index contributed by atoms with van der Waals surface area (Å²) in [6.07, 6.45) is 20.6. The van der Waals surface area contributed by atoms with Crippen LogP contribution >= 0.6 is 0 Å². The lowest BCUT2D eigenvalue weighted by molar-refractivity contribution is -0.124. The third-order valence-electron chi connectivity index (χ3n) is 12.8. The van der Waals surface area contributed by atoms with Gasteiger partial charge < -0.3 is 26.6 Å². The lowest BCUT2D eigenvalue weighted by Crippen LogP contribution is -2.49. The van der Waals surface area contributed by atoms with Gasteiger partial charge in [-0.2, -0.15) is 0 Å². The third kappa shape index (κ3) is 30.1. The molecule has 2 aromatic carbocycles. The second-order valence-corrected chi connectivity index (χ2v) is 18.2. The molecule has 0 saturated heterocycles. The fourth-order valence-electron chi connectivity index (χ4n) is 7.09. The highest BCUT2D eigenvalue weighted by molar-refractivity contribution is 5.86. The Labute approximate surface area is 415 Å². The summed E-state index contributed by atoms with van der Waals surface area (Å²) in [5.74, 6) is 1.02. The number of rotatable bonds is 30. The SMILES string of the molecule is C=CCCCC(CCCC=C)(NC)C(C)=O.C=CCCC[C@@](C)(NC)C(C)=O.C=CCCC[C@](C)(NC)C(C)=O.CN[C@@H](Cc1ccc(C)cc1)C(C)=O.CN[C@@H](Cc1cccc(C)c1)C(C)=O. The first-order chi connectivity index (χ1) is 32.0. The molecular formula is C58H97N5O5. The van der Waals surface area contributed by atoms with Gasteiger partial charge in [0.1, 0.15) is 28.9 Å². The quantitative estimate of drug-likeness (QED) is 0.0379. The number of ketones is 5. The zero-order chi connectivity index (χ0) is 52.8. The van der Waals surface area contributed by atoms with E-state index >= 15 is 0 Å². The molecule has 0 aliphatic heterocycles. The van der Waals surface area contributed by atoms with Crippen molar-refractivity contribution in [3.63, 3.8) is 0 Å². The van der Waals surface area contributed by atoms with Gasteiger partial charge in [0.25, 0.3) is 0 Å². The molecule has 2 rings (SSSR count). The molecule has 384 valence electrons. The Hall–Kier alpha value is -4.45. The zero-order valence-corrected chi connectivity index (χ0v) is 45.4. The minimum absolute atomic E-state index is 0.0577. The summed E-state index contributed by atoms with van der Waals surface area (Å²) in [6.45, 7) is 30.9. The predicted molar refractivity (Wildman–Crippen MR) is 292 cm³/mol.